The number of pyridine rings is 1. The monoisotopic (exact) mass is 288 g/mol. The molecule has 4 heteroatoms. The van der Waals surface area contributed by atoms with Gasteiger partial charge < -0.3 is 10.1 Å². The number of benzene rings is 1. The molecule has 3 nitrogen and oxygen atoms in total. The molecule has 1 N–H and O–H groups in total. The summed E-state index contributed by atoms with van der Waals surface area (Å²) < 4.78 is 19.5. The lowest BCUT2D eigenvalue weighted by atomic mass is 10.2. The normalized spacial score (nSPS) is 10.9. The summed E-state index contributed by atoms with van der Waals surface area (Å²) in [5.41, 5.74) is 2.90. The van der Waals surface area contributed by atoms with Crippen molar-refractivity contribution in [3.63, 3.8) is 0 Å². The fourth-order valence-corrected chi connectivity index (χ4v) is 1.95. The zero-order valence-electron chi connectivity index (χ0n) is 12.7. The molecule has 2 aromatic rings. The lowest BCUT2D eigenvalue weighted by Gasteiger charge is -2.11. The van der Waals surface area contributed by atoms with Crippen LogP contribution in [0, 0.1) is 12.7 Å². The summed E-state index contributed by atoms with van der Waals surface area (Å²) in [7, 11) is 0. The van der Waals surface area contributed by atoms with Crippen molar-refractivity contribution >= 4 is 0 Å². The zero-order valence-corrected chi connectivity index (χ0v) is 12.7. The first-order valence-corrected chi connectivity index (χ1v) is 7.09. The van der Waals surface area contributed by atoms with Crippen molar-refractivity contribution in [2.75, 3.05) is 0 Å². The molecule has 112 valence electrons. The smallest absolute Gasteiger partial charge is 0.165 e. The van der Waals surface area contributed by atoms with E-state index in [2.05, 4.69) is 24.1 Å². The summed E-state index contributed by atoms with van der Waals surface area (Å²) >= 11 is 0. The van der Waals surface area contributed by atoms with E-state index in [-0.39, 0.29) is 11.6 Å². The Labute approximate surface area is 125 Å². The maximum atomic E-state index is 14.0. The maximum Gasteiger partial charge on any atom is 0.165 e. The molecule has 0 radical (unpaired) electrons. The maximum absolute atomic E-state index is 14.0. The molecule has 0 spiro atoms. The standard InChI is InChI=1S/C17H21FN2O/c1-12(2)20-10-14-4-5-17(16(18)7-14)21-11-15-6-13(3)8-19-9-15/h4-9,12,20H,10-11H2,1-3H3. The van der Waals surface area contributed by atoms with Gasteiger partial charge >= 0.3 is 0 Å². The summed E-state index contributed by atoms with van der Waals surface area (Å²) in [6.45, 7) is 7.05. The van der Waals surface area contributed by atoms with Gasteiger partial charge in [-0.25, -0.2) is 4.39 Å². The highest BCUT2D eigenvalue weighted by Gasteiger charge is 2.06. The third-order valence-corrected chi connectivity index (χ3v) is 3.04. The van der Waals surface area contributed by atoms with Crippen molar-refractivity contribution < 1.29 is 9.13 Å². The van der Waals surface area contributed by atoms with Crippen LogP contribution in [-0.4, -0.2) is 11.0 Å². The summed E-state index contributed by atoms with van der Waals surface area (Å²) in [4.78, 5) is 4.09. The van der Waals surface area contributed by atoms with E-state index in [0.29, 0.717) is 19.2 Å². The summed E-state index contributed by atoms with van der Waals surface area (Å²) in [6, 6.07) is 7.42. The molecule has 0 saturated heterocycles. The van der Waals surface area contributed by atoms with E-state index in [9.17, 15) is 4.39 Å². The van der Waals surface area contributed by atoms with Crippen LogP contribution in [0.3, 0.4) is 0 Å². The molecule has 0 saturated carbocycles. The summed E-state index contributed by atoms with van der Waals surface area (Å²) in [5.74, 6) is -0.0662. The first-order chi connectivity index (χ1) is 10.0. The third kappa shape index (κ3) is 4.83. The van der Waals surface area contributed by atoms with E-state index in [1.54, 1.807) is 18.5 Å². The van der Waals surface area contributed by atoms with Crippen molar-refractivity contribution in [2.45, 2.75) is 40.0 Å². The number of aryl methyl sites for hydroxylation is 1. The van der Waals surface area contributed by atoms with Gasteiger partial charge in [-0.2, -0.15) is 0 Å². The minimum absolute atomic E-state index is 0.268. The van der Waals surface area contributed by atoms with Gasteiger partial charge in [-0.05, 0) is 36.2 Å². The molecule has 1 aromatic carbocycles. The second kappa shape index (κ2) is 7.18. The van der Waals surface area contributed by atoms with Crippen LogP contribution in [0.5, 0.6) is 5.75 Å². The average molecular weight is 288 g/mol. The highest BCUT2D eigenvalue weighted by atomic mass is 19.1. The van der Waals surface area contributed by atoms with Crippen LogP contribution in [-0.2, 0) is 13.2 Å². The Morgan fingerprint density at radius 3 is 2.67 bits per heavy atom. The van der Waals surface area contributed by atoms with Crippen LogP contribution in [0.15, 0.2) is 36.7 Å². The Hall–Kier alpha value is -1.94. The first-order valence-electron chi connectivity index (χ1n) is 7.09. The van der Waals surface area contributed by atoms with Crippen LogP contribution in [0.2, 0.25) is 0 Å². The summed E-state index contributed by atoms with van der Waals surface area (Å²) in [5, 5.41) is 3.26. The molecule has 0 aliphatic heterocycles. The zero-order chi connectivity index (χ0) is 15.2. The number of hydrogen-bond donors (Lipinski definition) is 1. The molecule has 0 aliphatic rings. The Morgan fingerprint density at radius 1 is 1.19 bits per heavy atom. The number of nitrogens with one attached hydrogen (secondary N) is 1. The fourth-order valence-electron chi connectivity index (χ4n) is 1.95. The molecule has 0 amide bonds. The van der Waals surface area contributed by atoms with Gasteiger partial charge in [0.2, 0.25) is 0 Å². The lowest BCUT2D eigenvalue weighted by Crippen LogP contribution is -2.21. The minimum Gasteiger partial charge on any atom is -0.486 e. The average Bonchev–Trinajstić information content (AvgIpc) is 2.44. The van der Waals surface area contributed by atoms with Crippen LogP contribution in [0.4, 0.5) is 4.39 Å². The highest BCUT2D eigenvalue weighted by Crippen LogP contribution is 2.19. The third-order valence-electron chi connectivity index (χ3n) is 3.04. The van der Waals surface area contributed by atoms with Gasteiger partial charge in [-0.15, -0.1) is 0 Å². The van der Waals surface area contributed by atoms with Crippen LogP contribution in [0.25, 0.3) is 0 Å². The molecule has 0 bridgehead atoms. The first kappa shape index (κ1) is 15.4. The number of nitrogens with zero attached hydrogens (tertiary/aromatic N) is 1. The fraction of sp³-hybridized carbons (Fsp3) is 0.353. The van der Waals surface area contributed by atoms with E-state index in [4.69, 9.17) is 4.74 Å². The number of halogens is 1. The molecule has 0 atom stereocenters. The predicted octanol–water partition coefficient (Wildman–Crippen LogP) is 3.61. The van der Waals surface area contributed by atoms with Crippen molar-refractivity contribution in [1.82, 2.24) is 10.3 Å². The predicted molar refractivity (Wildman–Crippen MR) is 81.7 cm³/mol. The molecular weight excluding hydrogens is 267 g/mol. The number of rotatable bonds is 6. The molecule has 21 heavy (non-hydrogen) atoms. The van der Waals surface area contributed by atoms with Gasteiger partial charge in [0.05, 0.1) is 0 Å². The minimum atomic E-state index is -0.335. The van der Waals surface area contributed by atoms with Gasteiger partial charge in [0.25, 0.3) is 0 Å². The molecule has 2 rings (SSSR count). The Morgan fingerprint density at radius 2 is 2.00 bits per heavy atom. The lowest BCUT2D eigenvalue weighted by molar-refractivity contribution is 0.289. The van der Waals surface area contributed by atoms with Crippen LogP contribution in [0.1, 0.15) is 30.5 Å². The van der Waals surface area contributed by atoms with Gasteiger partial charge in [0.1, 0.15) is 6.61 Å². The van der Waals surface area contributed by atoms with Crippen molar-refractivity contribution in [3.05, 3.63) is 59.2 Å². The second-order valence-electron chi connectivity index (χ2n) is 5.46. The van der Waals surface area contributed by atoms with Crippen LogP contribution < -0.4 is 10.1 Å². The molecular formula is C17H21FN2O. The Bertz CT molecular complexity index is 599. The number of ether oxygens (including phenoxy) is 1. The van der Waals surface area contributed by atoms with E-state index < -0.39 is 0 Å². The van der Waals surface area contributed by atoms with E-state index in [1.165, 1.54) is 6.07 Å². The van der Waals surface area contributed by atoms with E-state index >= 15 is 0 Å². The Kier molecular flexibility index (Phi) is 5.28. The number of aromatic nitrogens is 1. The molecule has 1 heterocycles. The SMILES string of the molecule is Cc1cncc(COc2ccc(CNC(C)C)cc2F)c1. The second-order valence-corrected chi connectivity index (χ2v) is 5.46. The molecule has 0 aliphatic carbocycles. The largest absolute Gasteiger partial charge is 0.486 e. The van der Waals surface area contributed by atoms with Crippen molar-refractivity contribution in [3.8, 4) is 5.75 Å². The molecule has 1 aromatic heterocycles. The summed E-state index contributed by atoms with van der Waals surface area (Å²) in [6.07, 6.45) is 3.51. The van der Waals surface area contributed by atoms with E-state index in [0.717, 1.165) is 16.7 Å². The number of hydrogen-bond acceptors (Lipinski definition) is 3. The van der Waals surface area contributed by atoms with Crippen molar-refractivity contribution in [2.24, 2.45) is 0 Å². The molecule has 0 unspecified atom stereocenters. The Balaban J connectivity index is 1.97. The highest BCUT2D eigenvalue weighted by molar-refractivity contribution is 5.29. The van der Waals surface area contributed by atoms with Gasteiger partial charge in [-0.3, -0.25) is 4.98 Å². The van der Waals surface area contributed by atoms with Crippen molar-refractivity contribution in [1.29, 1.82) is 0 Å². The molecule has 0 fully saturated rings. The van der Waals surface area contributed by atoms with E-state index in [1.807, 2.05) is 19.1 Å². The van der Waals surface area contributed by atoms with Gasteiger partial charge in [0.15, 0.2) is 11.6 Å². The van der Waals surface area contributed by atoms with Gasteiger partial charge in [0, 0.05) is 30.5 Å². The quantitative estimate of drug-likeness (QED) is 0.881. The van der Waals surface area contributed by atoms with Crippen LogP contribution >= 0.6 is 0 Å². The topological polar surface area (TPSA) is 34.1 Å². The van der Waals surface area contributed by atoms with Gasteiger partial charge in [-0.1, -0.05) is 19.9 Å².